The fourth-order valence-corrected chi connectivity index (χ4v) is 2.96. The van der Waals surface area contributed by atoms with Gasteiger partial charge in [-0.1, -0.05) is 13.0 Å². The van der Waals surface area contributed by atoms with Crippen LogP contribution < -0.4 is 10.6 Å². The summed E-state index contributed by atoms with van der Waals surface area (Å²) in [5.41, 5.74) is 1.99. The van der Waals surface area contributed by atoms with Gasteiger partial charge in [-0.3, -0.25) is 0 Å². The van der Waals surface area contributed by atoms with E-state index < -0.39 is 0 Å². The normalized spacial score (nSPS) is 16.2. The predicted octanol–water partition coefficient (Wildman–Crippen LogP) is 1.97. The zero-order valence-corrected chi connectivity index (χ0v) is 13.1. The van der Waals surface area contributed by atoms with Crippen LogP contribution in [0.5, 0.6) is 0 Å². The monoisotopic (exact) mass is 317 g/mol. The maximum Gasteiger partial charge on any atom is 0.315 e. The van der Waals surface area contributed by atoms with E-state index in [-0.39, 0.29) is 17.9 Å². The van der Waals surface area contributed by atoms with E-state index in [1.165, 1.54) is 12.1 Å². The smallest absolute Gasteiger partial charge is 0.315 e. The lowest BCUT2D eigenvalue weighted by Gasteiger charge is -2.15. The maximum absolute atomic E-state index is 13.4. The number of rotatable bonds is 5. The summed E-state index contributed by atoms with van der Waals surface area (Å²) in [5.74, 6) is 0.630. The Morgan fingerprint density at radius 3 is 3.17 bits per heavy atom. The molecule has 7 heteroatoms. The molecule has 1 aromatic heterocycles. The molecular formula is C16H20FN5O. The van der Waals surface area contributed by atoms with Crippen LogP contribution in [-0.2, 0) is 19.4 Å². The molecule has 0 bridgehead atoms. The number of nitrogens with zero attached hydrogens (tertiary/aromatic N) is 3. The van der Waals surface area contributed by atoms with E-state index in [0.717, 1.165) is 36.2 Å². The quantitative estimate of drug-likeness (QED) is 0.885. The highest BCUT2D eigenvalue weighted by molar-refractivity contribution is 5.74. The lowest BCUT2D eigenvalue weighted by Crippen LogP contribution is -2.38. The fraction of sp³-hybridized carbons (Fsp3) is 0.438. The number of hydrogen-bond donors (Lipinski definition) is 2. The summed E-state index contributed by atoms with van der Waals surface area (Å²) in [4.78, 5) is 12.0. The first-order valence-electron chi connectivity index (χ1n) is 7.86. The lowest BCUT2D eigenvalue weighted by atomic mass is 10.1. The van der Waals surface area contributed by atoms with Crippen molar-refractivity contribution >= 4 is 6.03 Å². The first kappa shape index (κ1) is 15.5. The molecule has 1 aromatic carbocycles. The molecule has 1 heterocycles. The molecule has 1 aliphatic rings. The minimum Gasteiger partial charge on any atom is -0.336 e. The zero-order valence-electron chi connectivity index (χ0n) is 13.1. The minimum absolute atomic E-state index is 0.123. The molecule has 122 valence electrons. The Balaban J connectivity index is 1.50. The van der Waals surface area contributed by atoms with Crippen molar-refractivity contribution in [2.24, 2.45) is 0 Å². The second kappa shape index (κ2) is 6.76. The molecule has 2 aromatic rings. The van der Waals surface area contributed by atoms with Gasteiger partial charge < -0.3 is 15.2 Å². The average Bonchev–Trinajstić information content (AvgIpc) is 3.14. The number of fused-ring (bicyclic) bond motifs is 1. The van der Waals surface area contributed by atoms with E-state index in [1.807, 2.05) is 11.5 Å². The molecule has 3 rings (SSSR count). The van der Waals surface area contributed by atoms with E-state index in [9.17, 15) is 9.18 Å². The number of amides is 2. The highest BCUT2D eigenvalue weighted by atomic mass is 19.1. The minimum atomic E-state index is -0.266. The number of aryl methyl sites for hydroxylation is 2. The summed E-state index contributed by atoms with van der Waals surface area (Å²) in [6.45, 7) is 3.12. The lowest BCUT2D eigenvalue weighted by molar-refractivity contribution is 0.236. The highest BCUT2D eigenvalue weighted by Crippen LogP contribution is 2.31. The van der Waals surface area contributed by atoms with Crippen molar-refractivity contribution in [1.82, 2.24) is 25.4 Å². The van der Waals surface area contributed by atoms with Crippen molar-refractivity contribution in [3.8, 4) is 0 Å². The van der Waals surface area contributed by atoms with Crippen LogP contribution in [0.2, 0.25) is 0 Å². The molecule has 1 atom stereocenters. The van der Waals surface area contributed by atoms with Gasteiger partial charge in [-0.25, -0.2) is 9.18 Å². The van der Waals surface area contributed by atoms with Crippen LogP contribution >= 0.6 is 0 Å². The van der Waals surface area contributed by atoms with Crippen LogP contribution in [0.1, 0.15) is 36.3 Å². The summed E-state index contributed by atoms with van der Waals surface area (Å²) in [5, 5.41) is 13.6. The van der Waals surface area contributed by atoms with E-state index >= 15 is 0 Å². The van der Waals surface area contributed by atoms with Gasteiger partial charge >= 0.3 is 6.03 Å². The Kier molecular flexibility index (Phi) is 4.55. The van der Waals surface area contributed by atoms with Crippen LogP contribution in [0.3, 0.4) is 0 Å². The Labute approximate surface area is 134 Å². The third-order valence-electron chi connectivity index (χ3n) is 4.14. The number of urea groups is 1. The van der Waals surface area contributed by atoms with Crippen molar-refractivity contribution in [2.75, 3.05) is 6.54 Å². The van der Waals surface area contributed by atoms with Crippen LogP contribution in [0.15, 0.2) is 24.5 Å². The van der Waals surface area contributed by atoms with Gasteiger partial charge in [-0.15, -0.1) is 10.2 Å². The van der Waals surface area contributed by atoms with E-state index in [2.05, 4.69) is 20.8 Å². The SMILES string of the molecule is CCc1nncn1CCNC(=O)N[C@H]1CCc2ccc(F)cc21. The first-order chi connectivity index (χ1) is 11.2. The molecule has 2 amide bonds. The van der Waals surface area contributed by atoms with Gasteiger partial charge in [0.25, 0.3) is 0 Å². The number of carbonyl (C=O) groups excluding carboxylic acids is 1. The van der Waals surface area contributed by atoms with Crippen LogP contribution in [0, 0.1) is 5.82 Å². The van der Waals surface area contributed by atoms with Crippen molar-refractivity contribution in [1.29, 1.82) is 0 Å². The largest absolute Gasteiger partial charge is 0.336 e. The summed E-state index contributed by atoms with van der Waals surface area (Å²) in [7, 11) is 0. The van der Waals surface area contributed by atoms with Crippen molar-refractivity contribution < 1.29 is 9.18 Å². The van der Waals surface area contributed by atoms with E-state index in [4.69, 9.17) is 0 Å². The van der Waals surface area contributed by atoms with Gasteiger partial charge in [0, 0.05) is 19.5 Å². The topological polar surface area (TPSA) is 71.8 Å². The van der Waals surface area contributed by atoms with Gasteiger partial charge in [0.1, 0.15) is 18.0 Å². The van der Waals surface area contributed by atoms with Gasteiger partial charge in [0.05, 0.1) is 6.04 Å². The number of carbonyl (C=O) groups is 1. The van der Waals surface area contributed by atoms with Gasteiger partial charge in [-0.2, -0.15) is 0 Å². The molecule has 0 aliphatic heterocycles. The van der Waals surface area contributed by atoms with Crippen molar-refractivity contribution in [3.63, 3.8) is 0 Å². The second-order valence-electron chi connectivity index (χ2n) is 5.63. The number of halogens is 1. The Bertz CT molecular complexity index is 700. The fourth-order valence-electron chi connectivity index (χ4n) is 2.96. The molecule has 0 unspecified atom stereocenters. The number of aromatic nitrogens is 3. The second-order valence-corrected chi connectivity index (χ2v) is 5.63. The molecule has 0 saturated heterocycles. The van der Waals surface area contributed by atoms with Crippen molar-refractivity contribution in [3.05, 3.63) is 47.3 Å². The summed E-state index contributed by atoms with van der Waals surface area (Å²) < 4.78 is 15.3. The molecule has 6 nitrogen and oxygen atoms in total. The maximum atomic E-state index is 13.4. The van der Waals surface area contributed by atoms with Crippen LogP contribution in [-0.4, -0.2) is 27.3 Å². The molecule has 0 radical (unpaired) electrons. The van der Waals surface area contributed by atoms with Gasteiger partial charge in [-0.05, 0) is 36.1 Å². The molecule has 0 spiro atoms. The Morgan fingerprint density at radius 2 is 2.35 bits per heavy atom. The Hall–Kier alpha value is -2.44. The number of hydrogen-bond acceptors (Lipinski definition) is 3. The Morgan fingerprint density at radius 1 is 1.48 bits per heavy atom. The highest BCUT2D eigenvalue weighted by Gasteiger charge is 2.24. The summed E-state index contributed by atoms with van der Waals surface area (Å²) in [6.07, 6.45) is 4.13. The van der Waals surface area contributed by atoms with Gasteiger partial charge in [0.15, 0.2) is 0 Å². The van der Waals surface area contributed by atoms with Gasteiger partial charge in [0.2, 0.25) is 0 Å². The van der Waals surface area contributed by atoms with E-state index in [1.54, 1.807) is 12.4 Å². The standard InChI is InChI=1S/C16H20FN5O/c1-2-15-21-19-10-22(15)8-7-18-16(23)20-14-6-4-11-3-5-12(17)9-13(11)14/h3,5,9-10,14H,2,4,6-8H2,1H3,(H2,18,20,23)/t14-/m0/s1. The predicted molar refractivity (Wildman–Crippen MR) is 83.4 cm³/mol. The molecule has 0 saturated carbocycles. The third-order valence-corrected chi connectivity index (χ3v) is 4.14. The first-order valence-corrected chi connectivity index (χ1v) is 7.86. The number of nitrogens with one attached hydrogen (secondary N) is 2. The summed E-state index contributed by atoms with van der Waals surface area (Å²) in [6, 6.07) is 4.41. The molecule has 0 fully saturated rings. The van der Waals surface area contributed by atoms with Crippen LogP contribution in [0.25, 0.3) is 0 Å². The molecule has 2 N–H and O–H groups in total. The molecular weight excluding hydrogens is 297 g/mol. The molecule has 1 aliphatic carbocycles. The van der Waals surface area contributed by atoms with E-state index in [0.29, 0.717) is 13.1 Å². The average molecular weight is 317 g/mol. The van der Waals surface area contributed by atoms with Crippen molar-refractivity contribution in [2.45, 2.75) is 38.8 Å². The molecule has 23 heavy (non-hydrogen) atoms. The number of benzene rings is 1. The third kappa shape index (κ3) is 3.49. The van der Waals surface area contributed by atoms with Crippen LogP contribution in [0.4, 0.5) is 9.18 Å². The summed E-state index contributed by atoms with van der Waals surface area (Å²) >= 11 is 0. The zero-order chi connectivity index (χ0) is 16.2.